The van der Waals surface area contributed by atoms with Crippen molar-refractivity contribution >= 4 is 34.9 Å². The van der Waals surface area contributed by atoms with Crippen molar-refractivity contribution in [2.75, 3.05) is 7.11 Å². The maximum Gasteiger partial charge on any atom is 0.337 e. The van der Waals surface area contributed by atoms with Gasteiger partial charge in [-0.15, -0.1) is 0 Å². The van der Waals surface area contributed by atoms with Crippen LogP contribution in [0.25, 0.3) is 0 Å². The van der Waals surface area contributed by atoms with Crippen LogP contribution in [0.1, 0.15) is 18.5 Å². The maximum atomic E-state index is 14.1. The molecule has 0 radical (unpaired) electrons. The third kappa shape index (κ3) is 2.62. The Labute approximate surface area is 125 Å². The number of halogens is 2. The minimum Gasteiger partial charge on any atom is -0.466 e. The number of hydrogen-bond acceptors (Lipinski definition) is 3. The predicted octanol–water partition coefficient (Wildman–Crippen LogP) is 2.44. The fourth-order valence-corrected chi connectivity index (χ4v) is 2.62. The highest BCUT2D eigenvalue weighted by molar-refractivity contribution is 7.80. The van der Waals surface area contributed by atoms with Crippen LogP contribution in [0.3, 0.4) is 0 Å². The van der Waals surface area contributed by atoms with E-state index in [4.69, 9.17) is 28.6 Å². The molecule has 7 heteroatoms. The molecule has 0 aromatic heterocycles. The zero-order valence-corrected chi connectivity index (χ0v) is 12.4. The molecule has 0 fully saturated rings. The van der Waals surface area contributed by atoms with Gasteiger partial charge in [0.05, 0.1) is 18.7 Å². The Balaban J connectivity index is 2.60. The van der Waals surface area contributed by atoms with Crippen molar-refractivity contribution in [3.8, 4) is 0 Å². The van der Waals surface area contributed by atoms with E-state index in [0.29, 0.717) is 10.8 Å². The van der Waals surface area contributed by atoms with Crippen LogP contribution >= 0.6 is 23.8 Å². The number of hydrogen-bond donors (Lipinski definition) is 2. The van der Waals surface area contributed by atoms with E-state index >= 15 is 0 Å². The number of rotatable bonds is 2. The van der Waals surface area contributed by atoms with E-state index in [0.717, 1.165) is 0 Å². The second-order valence-corrected chi connectivity index (χ2v) is 5.01. The van der Waals surface area contributed by atoms with Crippen LogP contribution in [0.15, 0.2) is 29.5 Å². The Hall–Kier alpha value is -1.66. The van der Waals surface area contributed by atoms with Gasteiger partial charge in [-0.1, -0.05) is 17.7 Å². The Morgan fingerprint density at radius 1 is 1.50 bits per heavy atom. The minimum absolute atomic E-state index is 0.165. The average molecular weight is 315 g/mol. The van der Waals surface area contributed by atoms with Gasteiger partial charge in [0.2, 0.25) is 0 Å². The quantitative estimate of drug-likeness (QED) is 0.648. The lowest BCUT2D eigenvalue weighted by atomic mass is 9.95. The summed E-state index contributed by atoms with van der Waals surface area (Å²) in [5.74, 6) is -1.09. The third-order valence-electron chi connectivity index (χ3n) is 2.96. The molecule has 0 spiro atoms. The number of nitrogens with one attached hydrogen (secondary N) is 2. The smallest absolute Gasteiger partial charge is 0.337 e. The highest BCUT2D eigenvalue weighted by atomic mass is 35.5. The van der Waals surface area contributed by atoms with Gasteiger partial charge in [-0.3, -0.25) is 0 Å². The van der Waals surface area contributed by atoms with E-state index < -0.39 is 17.8 Å². The van der Waals surface area contributed by atoms with Gasteiger partial charge in [0, 0.05) is 16.3 Å². The molecule has 20 heavy (non-hydrogen) atoms. The van der Waals surface area contributed by atoms with Gasteiger partial charge < -0.3 is 15.4 Å². The van der Waals surface area contributed by atoms with Gasteiger partial charge >= 0.3 is 5.97 Å². The monoisotopic (exact) mass is 314 g/mol. The summed E-state index contributed by atoms with van der Waals surface area (Å²) in [6, 6.07) is 3.54. The van der Waals surface area contributed by atoms with Crippen LogP contribution in [-0.2, 0) is 9.53 Å². The van der Waals surface area contributed by atoms with Crippen LogP contribution in [0.4, 0.5) is 4.39 Å². The second-order valence-electron chi connectivity index (χ2n) is 4.20. The predicted molar refractivity (Wildman–Crippen MR) is 77.7 cm³/mol. The first-order valence-corrected chi connectivity index (χ1v) is 6.54. The van der Waals surface area contributed by atoms with Crippen molar-refractivity contribution < 1.29 is 13.9 Å². The van der Waals surface area contributed by atoms with Gasteiger partial charge in [0.15, 0.2) is 5.11 Å². The number of methoxy groups -OCH3 is 1. The Kier molecular flexibility index (Phi) is 4.25. The topological polar surface area (TPSA) is 50.4 Å². The molecule has 2 rings (SSSR count). The number of ether oxygens (including phenoxy) is 1. The molecule has 1 aromatic carbocycles. The minimum atomic E-state index is -0.787. The van der Waals surface area contributed by atoms with E-state index in [1.807, 2.05) is 0 Å². The van der Waals surface area contributed by atoms with E-state index in [2.05, 4.69) is 10.6 Å². The number of carbonyl (C=O) groups excluding carboxylic acids is 1. The third-order valence-corrected chi connectivity index (χ3v) is 3.51. The molecule has 1 heterocycles. The van der Waals surface area contributed by atoms with E-state index in [1.165, 1.54) is 19.2 Å². The zero-order valence-electron chi connectivity index (χ0n) is 10.8. The van der Waals surface area contributed by atoms with Crippen LogP contribution in [0.2, 0.25) is 5.02 Å². The number of carbonyl (C=O) groups is 1. The Bertz CT molecular complexity index is 598. The Morgan fingerprint density at radius 2 is 2.20 bits per heavy atom. The molecule has 2 N–H and O–H groups in total. The normalized spacial score (nSPS) is 18.4. The lowest BCUT2D eigenvalue weighted by Crippen LogP contribution is -2.45. The molecular weight excluding hydrogens is 303 g/mol. The molecule has 1 unspecified atom stereocenters. The summed E-state index contributed by atoms with van der Waals surface area (Å²) in [4.78, 5) is 11.9. The first-order chi connectivity index (χ1) is 9.45. The van der Waals surface area contributed by atoms with Crippen molar-refractivity contribution in [1.29, 1.82) is 0 Å². The number of benzene rings is 1. The summed E-state index contributed by atoms with van der Waals surface area (Å²) in [6.07, 6.45) is 0. The van der Waals surface area contributed by atoms with E-state index in [9.17, 15) is 9.18 Å². The number of allylic oxidation sites excluding steroid dienone is 1. The lowest BCUT2D eigenvalue weighted by molar-refractivity contribution is -0.136. The van der Waals surface area contributed by atoms with Gasteiger partial charge in [0.25, 0.3) is 0 Å². The number of esters is 1. The van der Waals surface area contributed by atoms with Gasteiger partial charge in [-0.05, 0) is 31.3 Å². The molecule has 4 nitrogen and oxygen atoms in total. The van der Waals surface area contributed by atoms with E-state index in [-0.39, 0.29) is 16.2 Å². The largest absolute Gasteiger partial charge is 0.466 e. The van der Waals surface area contributed by atoms with Crippen LogP contribution in [-0.4, -0.2) is 18.2 Å². The van der Waals surface area contributed by atoms with Crippen molar-refractivity contribution in [2.45, 2.75) is 13.0 Å². The average Bonchev–Trinajstić information content (AvgIpc) is 2.37. The van der Waals surface area contributed by atoms with Crippen LogP contribution < -0.4 is 10.6 Å². The summed E-state index contributed by atoms with van der Waals surface area (Å²) in [7, 11) is 1.26. The molecule has 0 bridgehead atoms. The summed E-state index contributed by atoms with van der Waals surface area (Å²) in [5.41, 5.74) is 0.913. The summed E-state index contributed by atoms with van der Waals surface area (Å²) in [6.45, 7) is 1.67. The number of thiocarbonyl (C=S) groups is 1. The molecule has 106 valence electrons. The van der Waals surface area contributed by atoms with Gasteiger partial charge in [-0.2, -0.15) is 0 Å². The molecule has 0 aliphatic carbocycles. The fraction of sp³-hybridized carbons (Fsp3) is 0.231. The van der Waals surface area contributed by atoms with Gasteiger partial charge in [0.1, 0.15) is 5.82 Å². The fourth-order valence-electron chi connectivity index (χ4n) is 2.08. The van der Waals surface area contributed by atoms with Crippen LogP contribution in [0, 0.1) is 5.82 Å². The summed E-state index contributed by atoms with van der Waals surface area (Å²) < 4.78 is 18.8. The molecule has 1 aliphatic heterocycles. The first kappa shape index (κ1) is 14.7. The second kappa shape index (κ2) is 5.76. The first-order valence-electron chi connectivity index (χ1n) is 5.76. The molecule has 0 amide bonds. The molecule has 1 aromatic rings. The molecular formula is C13H12ClFN2O2S. The van der Waals surface area contributed by atoms with Gasteiger partial charge in [-0.25, -0.2) is 9.18 Å². The van der Waals surface area contributed by atoms with Crippen molar-refractivity contribution in [3.63, 3.8) is 0 Å². The van der Waals surface area contributed by atoms with Crippen molar-refractivity contribution in [3.05, 3.63) is 45.9 Å². The summed E-state index contributed by atoms with van der Waals surface area (Å²) >= 11 is 11.1. The van der Waals surface area contributed by atoms with Crippen molar-refractivity contribution in [2.24, 2.45) is 0 Å². The highest BCUT2D eigenvalue weighted by Gasteiger charge is 2.33. The van der Waals surface area contributed by atoms with E-state index in [1.54, 1.807) is 13.0 Å². The molecule has 1 atom stereocenters. The maximum absolute atomic E-state index is 14.1. The SMILES string of the molecule is COC(=O)C1=C(C)NC(=S)NC1c1c(F)cccc1Cl. The Morgan fingerprint density at radius 3 is 2.80 bits per heavy atom. The van der Waals surface area contributed by atoms with Crippen LogP contribution in [0.5, 0.6) is 0 Å². The molecule has 0 saturated heterocycles. The lowest BCUT2D eigenvalue weighted by Gasteiger charge is -2.30. The molecule has 1 aliphatic rings. The zero-order chi connectivity index (χ0) is 14.9. The molecule has 0 saturated carbocycles. The summed E-state index contributed by atoms with van der Waals surface area (Å²) in [5, 5.41) is 6.16. The van der Waals surface area contributed by atoms with Crippen molar-refractivity contribution in [1.82, 2.24) is 10.6 Å². The highest BCUT2D eigenvalue weighted by Crippen LogP contribution is 2.33. The standard InChI is InChI=1S/C13H12ClFN2O2S/c1-6-9(12(18)19-2)11(17-13(20)16-6)10-7(14)4-3-5-8(10)15/h3-5,11H,1-2H3,(H2,16,17,20).